The van der Waals surface area contributed by atoms with E-state index in [2.05, 4.69) is 4.67 Å². The van der Waals surface area contributed by atoms with Crippen molar-refractivity contribution in [2.24, 2.45) is 0 Å². The molecule has 0 atom stereocenters. The van der Waals surface area contributed by atoms with E-state index in [1.165, 1.54) is 32.4 Å². The van der Waals surface area contributed by atoms with E-state index in [-0.39, 0.29) is 0 Å². The van der Waals surface area contributed by atoms with Crippen molar-refractivity contribution in [3.63, 3.8) is 0 Å². The summed E-state index contributed by atoms with van der Waals surface area (Å²) in [5, 5.41) is 0. The molecule has 0 saturated carbocycles. The minimum atomic E-state index is -0.657. The molecule has 0 N–H and O–H groups in total. The summed E-state index contributed by atoms with van der Waals surface area (Å²) >= 11 is 0. The maximum absolute atomic E-state index is 5.59. The first-order valence-corrected chi connectivity index (χ1v) is 5.91. The van der Waals surface area contributed by atoms with E-state index in [1.54, 1.807) is 0 Å². The van der Waals surface area contributed by atoms with E-state index in [1.807, 2.05) is 0 Å². The number of hydrogen-bond donors (Lipinski definition) is 0. The summed E-state index contributed by atoms with van der Waals surface area (Å²) in [4.78, 5) is 0. The van der Waals surface area contributed by atoms with Gasteiger partial charge in [-0.05, 0) is 19.3 Å². The van der Waals surface area contributed by atoms with Crippen LogP contribution in [0.1, 0.15) is 25.7 Å². The quantitative estimate of drug-likeness (QED) is 0.590. The molecule has 0 aromatic carbocycles. The number of rotatable bonds is 1. The SMILES string of the molecule is C1CCN(P2OCCCO2)CC1. The molecule has 2 rings (SSSR count). The molecule has 2 fully saturated rings. The van der Waals surface area contributed by atoms with Crippen LogP contribution in [-0.4, -0.2) is 31.0 Å². The van der Waals surface area contributed by atoms with Crippen LogP contribution < -0.4 is 0 Å². The van der Waals surface area contributed by atoms with Gasteiger partial charge in [0.2, 0.25) is 0 Å². The van der Waals surface area contributed by atoms with Crippen molar-refractivity contribution in [3.05, 3.63) is 0 Å². The second kappa shape index (κ2) is 4.52. The lowest BCUT2D eigenvalue weighted by atomic mass is 10.2. The topological polar surface area (TPSA) is 21.7 Å². The molecule has 0 aliphatic carbocycles. The fourth-order valence-electron chi connectivity index (χ4n) is 1.59. The lowest BCUT2D eigenvalue weighted by Crippen LogP contribution is -2.28. The Labute approximate surface area is 75.0 Å². The van der Waals surface area contributed by atoms with Gasteiger partial charge in [0.15, 0.2) is 0 Å². The second-order valence-corrected chi connectivity index (χ2v) is 4.83. The van der Waals surface area contributed by atoms with Gasteiger partial charge in [-0.2, -0.15) is 0 Å². The van der Waals surface area contributed by atoms with Gasteiger partial charge in [0.1, 0.15) is 0 Å². The van der Waals surface area contributed by atoms with E-state index in [4.69, 9.17) is 9.05 Å². The lowest BCUT2D eigenvalue weighted by molar-refractivity contribution is 0.142. The first-order valence-electron chi connectivity index (χ1n) is 4.77. The van der Waals surface area contributed by atoms with Gasteiger partial charge in [0.05, 0.1) is 13.2 Å². The standard InChI is InChI=1S/C8H16NO2P/c1-2-5-9(6-3-1)12-10-7-4-8-11-12/h1-8H2. The molecular weight excluding hydrogens is 173 g/mol. The molecular formula is C8H16NO2P. The maximum atomic E-state index is 5.59. The van der Waals surface area contributed by atoms with Crippen LogP contribution in [0.15, 0.2) is 0 Å². The van der Waals surface area contributed by atoms with Crippen LogP contribution in [0.4, 0.5) is 0 Å². The minimum Gasteiger partial charge on any atom is -0.322 e. The summed E-state index contributed by atoms with van der Waals surface area (Å²) in [6, 6.07) is 0. The molecule has 2 aliphatic rings. The Morgan fingerprint density at radius 3 is 2.17 bits per heavy atom. The van der Waals surface area contributed by atoms with Gasteiger partial charge in [0, 0.05) is 13.1 Å². The monoisotopic (exact) mass is 189 g/mol. The maximum Gasteiger partial charge on any atom is 0.258 e. The van der Waals surface area contributed by atoms with Crippen molar-refractivity contribution in [3.8, 4) is 0 Å². The van der Waals surface area contributed by atoms with E-state index in [0.29, 0.717) is 0 Å². The molecule has 0 aromatic heterocycles. The summed E-state index contributed by atoms with van der Waals surface area (Å²) < 4.78 is 13.5. The second-order valence-electron chi connectivity index (χ2n) is 3.27. The summed E-state index contributed by atoms with van der Waals surface area (Å²) in [6.45, 7) is 4.13. The molecule has 0 bridgehead atoms. The highest BCUT2D eigenvalue weighted by Crippen LogP contribution is 2.46. The third-order valence-corrected chi connectivity index (χ3v) is 3.92. The van der Waals surface area contributed by atoms with Crippen LogP contribution in [0, 0.1) is 0 Å². The van der Waals surface area contributed by atoms with Crippen LogP contribution in [-0.2, 0) is 9.05 Å². The highest BCUT2D eigenvalue weighted by Gasteiger charge is 2.25. The lowest BCUT2D eigenvalue weighted by Gasteiger charge is -2.34. The molecule has 4 heteroatoms. The normalized spacial score (nSPS) is 29.0. The molecule has 70 valence electrons. The van der Waals surface area contributed by atoms with Gasteiger partial charge in [0.25, 0.3) is 8.53 Å². The molecule has 12 heavy (non-hydrogen) atoms. The molecule has 0 radical (unpaired) electrons. The molecule has 0 aromatic rings. The van der Waals surface area contributed by atoms with Gasteiger partial charge in [-0.1, -0.05) is 6.42 Å². The predicted molar refractivity (Wildman–Crippen MR) is 48.9 cm³/mol. The van der Waals surface area contributed by atoms with E-state index in [0.717, 1.165) is 19.6 Å². The summed E-state index contributed by atoms with van der Waals surface area (Å²) in [7, 11) is -0.657. The van der Waals surface area contributed by atoms with Crippen molar-refractivity contribution in [2.75, 3.05) is 26.3 Å². The molecule has 2 saturated heterocycles. The minimum absolute atomic E-state index is 0.657. The highest BCUT2D eigenvalue weighted by atomic mass is 31.2. The Morgan fingerprint density at radius 2 is 1.50 bits per heavy atom. The Morgan fingerprint density at radius 1 is 0.833 bits per heavy atom. The van der Waals surface area contributed by atoms with Crippen LogP contribution in [0.2, 0.25) is 0 Å². The highest BCUT2D eigenvalue weighted by molar-refractivity contribution is 7.44. The zero-order valence-electron chi connectivity index (χ0n) is 7.37. The van der Waals surface area contributed by atoms with Gasteiger partial charge in [-0.15, -0.1) is 0 Å². The van der Waals surface area contributed by atoms with E-state index < -0.39 is 8.53 Å². The number of piperidine rings is 1. The van der Waals surface area contributed by atoms with Crippen molar-refractivity contribution < 1.29 is 9.05 Å². The van der Waals surface area contributed by atoms with Crippen LogP contribution in [0.5, 0.6) is 0 Å². The Hall–Kier alpha value is 0.310. The predicted octanol–water partition coefficient (Wildman–Crippen LogP) is 2.14. The summed E-state index contributed by atoms with van der Waals surface area (Å²) in [6.07, 6.45) is 5.06. The third-order valence-electron chi connectivity index (χ3n) is 2.26. The van der Waals surface area contributed by atoms with Gasteiger partial charge < -0.3 is 9.05 Å². The fraction of sp³-hybridized carbons (Fsp3) is 1.00. The zero-order chi connectivity index (χ0) is 8.23. The average molecular weight is 189 g/mol. The number of hydrogen-bond acceptors (Lipinski definition) is 3. The smallest absolute Gasteiger partial charge is 0.258 e. The molecule has 0 amide bonds. The van der Waals surface area contributed by atoms with Gasteiger partial charge >= 0.3 is 0 Å². The molecule has 3 nitrogen and oxygen atoms in total. The summed E-state index contributed by atoms with van der Waals surface area (Å²) in [5.74, 6) is 0. The Kier molecular flexibility index (Phi) is 3.35. The van der Waals surface area contributed by atoms with Crippen molar-refractivity contribution in [1.29, 1.82) is 0 Å². The van der Waals surface area contributed by atoms with Crippen LogP contribution >= 0.6 is 8.53 Å². The molecule has 0 unspecified atom stereocenters. The van der Waals surface area contributed by atoms with Crippen molar-refractivity contribution in [2.45, 2.75) is 25.7 Å². The molecule has 0 spiro atoms. The Bertz CT molecular complexity index is 117. The van der Waals surface area contributed by atoms with Gasteiger partial charge in [-0.25, -0.2) is 4.67 Å². The number of nitrogens with zero attached hydrogens (tertiary/aromatic N) is 1. The first-order chi connectivity index (χ1) is 5.97. The first kappa shape index (κ1) is 8.89. The van der Waals surface area contributed by atoms with E-state index >= 15 is 0 Å². The van der Waals surface area contributed by atoms with Crippen LogP contribution in [0.25, 0.3) is 0 Å². The zero-order valence-corrected chi connectivity index (χ0v) is 8.26. The van der Waals surface area contributed by atoms with Crippen LogP contribution in [0.3, 0.4) is 0 Å². The third kappa shape index (κ3) is 2.17. The molecule has 2 aliphatic heterocycles. The van der Waals surface area contributed by atoms with E-state index in [9.17, 15) is 0 Å². The van der Waals surface area contributed by atoms with Crippen molar-refractivity contribution >= 4 is 8.53 Å². The summed E-state index contributed by atoms with van der Waals surface area (Å²) in [5.41, 5.74) is 0. The van der Waals surface area contributed by atoms with Crippen molar-refractivity contribution in [1.82, 2.24) is 4.67 Å². The Balaban J connectivity index is 1.80. The molecule has 2 heterocycles. The van der Waals surface area contributed by atoms with Gasteiger partial charge in [-0.3, -0.25) is 0 Å². The largest absolute Gasteiger partial charge is 0.322 e. The fourth-order valence-corrected chi connectivity index (χ4v) is 3.17. The average Bonchev–Trinajstić information content (AvgIpc) is 2.21.